The Kier molecular flexibility index (Phi) is 12.4. The summed E-state index contributed by atoms with van der Waals surface area (Å²) in [5.74, 6) is -5.58. The number of halogens is 2. The van der Waals surface area contributed by atoms with Crippen LogP contribution in [0.1, 0.15) is 86.0 Å². The molecule has 4 amide bonds. The topological polar surface area (TPSA) is 192 Å². The molecule has 2 aromatic rings. The zero-order chi connectivity index (χ0) is 43.1. The Morgan fingerprint density at radius 3 is 2.44 bits per heavy atom. The van der Waals surface area contributed by atoms with Gasteiger partial charge < -0.3 is 34.5 Å². The number of benzene rings is 1. The third-order valence-corrected chi connectivity index (χ3v) is 13.9. The van der Waals surface area contributed by atoms with Crippen molar-refractivity contribution >= 4 is 44.7 Å². The number of sulfonamides is 1. The molecule has 59 heavy (non-hydrogen) atoms. The highest BCUT2D eigenvalue weighted by molar-refractivity contribution is 7.91. The summed E-state index contributed by atoms with van der Waals surface area (Å²) in [6, 6.07) is 4.17. The molecule has 3 fully saturated rings. The quantitative estimate of drug-likeness (QED) is 0.258. The highest BCUT2D eigenvalue weighted by atomic mass is 32.2. The molecular formula is C41H55F2N5O10S. The van der Waals surface area contributed by atoms with Gasteiger partial charge in [0.25, 0.3) is 11.8 Å². The molecule has 2 aliphatic heterocycles. The summed E-state index contributed by atoms with van der Waals surface area (Å²) in [7, 11) is -1.00. The third kappa shape index (κ3) is 9.52. The van der Waals surface area contributed by atoms with E-state index in [0.717, 1.165) is 13.8 Å². The summed E-state index contributed by atoms with van der Waals surface area (Å²) < 4.78 is 79.6. The first kappa shape index (κ1) is 43.8. The third-order valence-electron chi connectivity index (χ3n) is 12.1. The molecule has 2 saturated carbocycles. The Hall–Kier alpha value is -4.74. The van der Waals surface area contributed by atoms with Crippen molar-refractivity contribution in [1.82, 2.24) is 25.2 Å². The minimum Gasteiger partial charge on any atom is -0.497 e. The summed E-state index contributed by atoms with van der Waals surface area (Å²) in [6.07, 6.45) is 4.69. The molecule has 1 aromatic carbocycles. The van der Waals surface area contributed by atoms with Gasteiger partial charge in [-0.3, -0.25) is 19.1 Å². The van der Waals surface area contributed by atoms with Crippen LogP contribution in [0.25, 0.3) is 10.9 Å². The van der Waals surface area contributed by atoms with Gasteiger partial charge in [0.05, 0.1) is 31.5 Å². The van der Waals surface area contributed by atoms with Crippen LogP contribution in [0, 0.1) is 17.8 Å². The molecule has 0 bridgehead atoms. The van der Waals surface area contributed by atoms with Crippen molar-refractivity contribution in [2.75, 3.05) is 20.8 Å². The molecule has 0 spiro atoms. The highest BCUT2D eigenvalue weighted by Gasteiger charge is 2.62. The van der Waals surface area contributed by atoms with Gasteiger partial charge in [-0.2, -0.15) is 0 Å². The molecule has 3 heterocycles. The summed E-state index contributed by atoms with van der Waals surface area (Å²) in [4.78, 5) is 62.7. The van der Waals surface area contributed by atoms with Crippen LogP contribution in [0.5, 0.6) is 17.4 Å². The number of rotatable bonds is 11. The van der Waals surface area contributed by atoms with Crippen molar-refractivity contribution in [3.05, 3.63) is 36.4 Å². The lowest BCUT2D eigenvalue weighted by molar-refractivity contribution is -0.152. The summed E-state index contributed by atoms with van der Waals surface area (Å²) in [5.41, 5.74) is -3.34. The second-order valence-electron chi connectivity index (χ2n) is 16.9. The van der Waals surface area contributed by atoms with Crippen molar-refractivity contribution in [2.45, 2.75) is 126 Å². The summed E-state index contributed by atoms with van der Waals surface area (Å²) in [5, 5.41) is 5.34. The molecule has 7 atom stereocenters. The number of carbonyl (C=O) groups excluding carboxylic acids is 4. The van der Waals surface area contributed by atoms with E-state index < -0.39 is 86.2 Å². The molecule has 15 nitrogen and oxygen atoms in total. The molecule has 4 aliphatic rings. The van der Waals surface area contributed by atoms with Crippen molar-refractivity contribution in [3.8, 4) is 17.4 Å². The fourth-order valence-corrected chi connectivity index (χ4v) is 9.22. The fraction of sp³-hybridized carbons (Fsp3) is 0.634. The lowest BCUT2D eigenvalue weighted by atomic mass is 9.85. The van der Waals surface area contributed by atoms with Crippen molar-refractivity contribution in [2.24, 2.45) is 17.8 Å². The smallest absolute Gasteiger partial charge is 0.408 e. The first-order chi connectivity index (χ1) is 27.7. The average Bonchev–Trinajstić information content (AvgIpc) is 4.10. The first-order valence-electron chi connectivity index (χ1n) is 20.1. The summed E-state index contributed by atoms with van der Waals surface area (Å²) in [6.45, 7) is 6.47. The molecule has 0 unspecified atom stereocenters. The number of carbonyl (C=O) groups is 4. The Morgan fingerprint density at radius 1 is 1.07 bits per heavy atom. The number of ether oxygens (including phenoxy) is 4. The predicted octanol–water partition coefficient (Wildman–Crippen LogP) is 5.01. The zero-order valence-electron chi connectivity index (χ0n) is 34.5. The van der Waals surface area contributed by atoms with Crippen molar-refractivity contribution < 1.29 is 55.3 Å². The Morgan fingerprint density at radius 2 is 1.80 bits per heavy atom. The maximum Gasteiger partial charge on any atom is 0.408 e. The maximum absolute atomic E-state index is 15.0. The minimum absolute atomic E-state index is 0.0222. The van der Waals surface area contributed by atoms with Crippen LogP contribution in [-0.2, 0) is 29.1 Å². The highest BCUT2D eigenvalue weighted by Crippen LogP contribution is 2.46. The van der Waals surface area contributed by atoms with Crippen LogP contribution in [0.2, 0.25) is 0 Å². The predicted molar refractivity (Wildman–Crippen MR) is 212 cm³/mol. The van der Waals surface area contributed by atoms with E-state index in [1.807, 2.05) is 26.0 Å². The van der Waals surface area contributed by atoms with Gasteiger partial charge in [0.15, 0.2) is 5.60 Å². The maximum atomic E-state index is 15.0. The fourth-order valence-electron chi connectivity index (χ4n) is 7.86. The number of fused-ring (bicyclic) bond motifs is 3. The van der Waals surface area contributed by atoms with Gasteiger partial charge in [0.1, 0.15) is 35.2 Å². The molecule has 18 heteroatoms. The van der Waals surface area contributed by atoms with Gasteiger partial charge in [0.2, 0.25) is 27.7 Å². The van der Waals surface area contributed by atoms with Crippen LogP contribution < -0.4 is 29.6 Å². The minimum atomic E-state index is -3.97. The number of pyridine rings is 1. The van der Waals surface area contributed by atoms with Gasteiger partial charge in [-0.1, -0.05) is 32.4 Å². The second-order valence-corrected chi connectivity index (χ2v) is 18.9. The first-order valence-corrected chi connectivity index (χ1v) is 21.7. The van der Waals surface area contributed by atoms with Gasteiger partial charge in [0, 0.05) is 36.8 Å². The molecule has 0 radical (unpaired) electrons. The number of nitrogens with zero attached hydrogens (tertiary/aromatic N) is 2. The van der Waals surface area contributed by atoms with E-state index in [4.69, 9.17) is 18.9 Å². The largest absolute Gasteiger partial charge is 0.497 e. The molecule has 324 valence electrons. The number of allylic oxidation sites excluding steroid dienone is 1. The van der Waals surface area contributed by atoms with Crippen LogP contribution in [0.4, 0.5) is 13.6 Å². The Balaban J connectivity index is 1.38. The number of alkyl halides is 2. The lowest BCUT2D eigenvalue weighted by Crippen LogP contribution is -2.59. The summed E-state index contributed by atoms with van der Waals surface area (Å²) >= 11 is 0. The lowest BCUT2D eigenvalue weighted by Gasteiger charge is -2.35. The van der Waals surface area contributed by atoms with Crippen LogP contribution in [0.15, 0.2) is 36.4 Å². The van der Waals surface area contributed by atoms with E-state index >= 15 is 0 Å². The molecule has 6 rings (SSSR count). The number of methoxy groups -OCH3 is 2. The van der Waals surface area contributed by atoms with Crippen molar-refractivity contribution in [1.29, 1.82) is 0 Å². The normalized spacial score (nSPS) is 28.5. The van der Waals surface area contributed by atoms with E-state index in [0.29, 0.717) is 67.9 Å². The Labute approximate surface area is 343 Å². The second kappa shape index (κ2) is 16.7. The molecule has 1 aromatic heterocycles. The number of amides is 4. The number of hydrogen-bond donors (Lipinski definition) is 3. The number of nitrogens with one attached hydrogen (secondary N) is 3. The zero-order valence-corrected chi connectivity index (χ0v) is 35.3. The van der Waals surface area contributed by atoms with E-state index in [1.165, 1.54) is 19.1 Å². The molecular weight excluding hydrogens is 793 g/mol. The van der Waals surface area contributed by atoms with Gasteiger partial charge in [-0.25, -0.2) is 27.0 Å². The molecule has 1 saturated heterocycles. The van der Waals surface area contributed by atoms with Crippen LogP contribution >= 0.6 is 0 Å². The van der Waals surface area contributed by atoms with Crippen LogP contribution in [-0.4, -0.2) is 103 Å². The molecule has 3 N–H and O–H groups in total. The standard InChI is InChI=1S/C41H55F2N5O10S/c1-8-24-17-23(2)11-9-10-12-25-21-41(25,37(51)47-59(53,54)28-14-15-28)46-35(49)31-19-27(57-32-20-33(56-7)44-30-18-26(55-6)13-16-29(30)32)22-48(31)36(50)34(24)45-38(52)58-39(3,4)40(5,42)43/h10,12-13,16,18,20,23-25,27-28,31,34H,8-9,11,14-15,17,19,21-22H2,1-7H3,(H,45,52)(H,46,49)(H,47,51)/b12-10-/t23-,24-,25-,27-,31+,34+,41-/m1/s1. The van der Waals surface area contributed by atoms with Gasteiger partial charge in [-0.15, -0.1) is 0 Å². The molecule has 2 aliphatic carbocycles. The van der Waals surface area contributed by atoms with E-state index in [-0.39, 0.29) is 31.2 Å². The van der Waals surface area contributed by atoms with E-state index in [9.17, 15) is 36.4 Å². The number of hydrogen-bond acceptors (Lipinski definition) is 11. The van der Waals surface area contributed by atoms with Crippen molar-refractivity contribution in [3.63, 3.8) is 0 Å². The monoisotopic (exact) mass is 847 g/mol. The number of alkyl carbamates (subject to hydrolysis) is 1. The van der Waals surface area contributed by atoms with Crippen LogP contribution in [0.3, 0.4) is 0 Å². The Bertz CT molecular complexity index is 2090. The van der Waals surface area contributed by atoms with Gasteiger partial charge >= 0.3 is 6.09 Å². The number of aromatic nitrogens is 1. The van der Waals surface area contributed by atoms with E-state index in [1.54, 1.807) is 24.3 Å². The van der Waals surface area contributed by atoms with E-state index in [2.05, 4.69) is 20.3 Å². The average molecular weight is 848 g/mol. The SMILES string of the molecule is CC[C@@H]1C[C@H](C)CC/C=C\[C@@H]2C[C@@]2(C(=O)NS(=O)(=O)C2CC2)NC(=O)[C@@H]2C[C@@H](Oc3cc(OC)nc4cc(OC)ccc34)CN2C(=O)[C@H]1NC(=O)OC(C)(C)C(C)(F)F. The van der Waals surface area contributed by atoms with Gasteiger partial charge in [-0.05, 0) is 76.3 Å².